The van der Waals surface area contributed by atoms with Crippen molar-refractivity contribution in [2.45, 2.75) is 69.6 Å². The first-order chi connectivity index (χ1) is 14.5. The Balaban J connectivity index is 1.37. The Labute approximate surface area is 182 Å². The van der Waals surface area contributed by atoms with Gasteiger partial charge in [0.1, 0.15) is 6.10 Å². The topological polar surface area (TPSA) is 99.7 Å². The molecule has 7 nitrogen and oxygen atoms in total. The molecule has 3 amide bonds. The number of hydrogen-bond acceptors (Lipinski definition) is 4. The molecular formula is C22H32ClN3O4. The van der Waals surface area contributed by atoms with Crippen LogP contribution < -0.4 is 16.0 Å². The summed E-state index contributed by atoms with van der Waals surface area (Å²) >= 11 is 5.84. The molecule has 30 heavy (non-hydrogen) atoms. The van der Waals surface area contributed by atoms with Crippen LogP contribution in [0.5, 0.6) is 0 Å². The van der Waals surface area contributed by atoms with Crippen LogP contribution in [-0.2, 0) is 9.53 Å². The molecular weight excluding hydrogens is 406 g/mol. The molecule has 1 aliphatic carbocycles. The van der Waals surface area contributed by atoms with Crippen molar-refractivity contribution < 1.29 is 19.4 Å². The number of carbonyl (C=O) groups is 2. The second-order valence-electron chi connectivity index (χ2n) is 8.18. The van der Waals surface area contributed by atoms with E-state index in [4.69, 9.17) is 16.3 Å². The molecule has 0 unspecified atom stereocenters. The third-order valence-electron chi connectivity index (χ3n) is 5.95. The largest absolute Gasteiger partial charge is 0.394 e. The Morgan fingerprint density at radius 3 is 2.50 bits per heavy atom. The lowest BCUT2D eigenvalue weighted by atomic mass is 9.88. The molecule has 0 bridgehead atoms. The number of halogens is 1. The number of aliphatic hydroxyl groups excluding tert-OH is 1. The fourth-order valence-corrected chi connectivity index (χ4v) is 4.36. The zero-order valence-corrected chi connectivity index (χ0v) is 18.0. The van der Waals surface area contributed by atoms with Gasteiger partial charge in [-0.1, -0.05) is 30.9 Å². The Morgan fingerprint density at radius 1 is 1.07 bits per heavy atom. The summed E-state index contributed by atoms with van der Waals surface area (Å²) in [6.07, 6.45) is 7.09. The molecule has 0 radical (unpaired) electrons. The van der Waals surface area contributed by atoms with Crippen LogP contribution in [0.15, 0.2) is 24.3 Å². The highest BCUT2D eigenvalue weighted by molar-refractivity contribution is 6.30. The fraction of sp³-hybridized carbons (Fsp3) is 0.636. The van der Waals surface area contributed by atoms with Gasteiger partial charge in [-0.2, -0.15) is 0 Å². The Hall–Kier alpha value is -1.83. The maximum atomic E-state index is 12.5. The molecule has 2 fully saturated rings. The van der Waals surface area contributed by atoms with E-state index >= 15 is 0 Å². The van der Waals surface area contributed by atoms with E-state index in [1.807, 2.05) is 0 Å². The molecule has 0 aromatic heterocycles. The van der Waals surface area contributed by atoms with E-state index in [0.29, 0.717) is 23.7 Å². The summed E-state index contributed by atoms with van der Waals surface area (Å²) in [6, 6.07) is 6.46. The molecule has 1 aromatic rings. The van der Waals surface area contributed by atoms with Gasteiger partial charge in [0, 0.05) is 23.2 Å². The third-order valence-corrected chi connectivity index (χ3v) is 6.21. The van der Waals surface area contributed by atoms with Crippen LogP contribution in [0.4, 0.5) is 10.5 Å². The molecule has 3 atom stereocenters. The molecule has 166 valence electrons. The van der Waals surface area contributed by atoms with Crippen molar-refractivity contribution >= 4 is 29.2 Å². The highest BCUT2D eigenvalue weighted by atomic mass is 35.5. The van der Waals surface area contributed by atoms with Crippen molar-refractivity contribution in [1.29, 1.82) is 0 Å². The Bertz CT molecular complexity index is 694. The van der Waals surface area contributed by atoms with Crippen LogP contribution >= 0.6 is 11.6 Å². The second kappa shape index (κ2) is 11.5. The number of ether oxygens (including phenoxy) is 1. The first kappa shape index (κ1) is 22.8. The van der Waals surface area contributed by atoms with Gasteiger partial charge in [0.15, 0.2) is 0 Å². The molecule has 8 heteroatoms. The van der Waals surface area contributed by atoms with E-state index in [1.54, 1.807) is 24.3 Å². The summed E-state index contributed by atoms with van der Waals surface area (Å²) in [5, 5.41) is 19.0. The number of aliphatic hydroxyl groups is 1. The zero-order chi connectivity index (χ0) is 21.3. The lowest BCUT2D eigenvalue weighted by Gasteiger charge is -2.37. The molecule has 1 heterocycles. The van der Waals surface area contributed by atoms with Crippen molar-refractivity contribution in [3.63, 3.8) is 0 Å². The number of rotatable bonds is 7. The van der Waals surface area contributed by atoms with Crippen LogP contribution in [0.2, 0.25) is 5.02 Å². The summed E-state index contributed by atoms with van der Waals surface area (Å²) in [5.41, 5.74) is 0.669. The molecule has 2 aliphatic rings. The van der Waals surface area contributed by atoms with Gasteiger partial charge < -0.3 is 25.8 Å². The van der Waals surface area contributed by atoms with Crippen molar-refractivity contribution in [2.75, 3.05) is 18.5 Å². The lowest BCUT2D eigenvalue weighted by Crippen LogP contribution is -2.52. The molecule has 0 spiro atoms. The predicted molar refractivity (Wildman–Crippen MR) is 117 cm³/mol. The van der Waals surface area contributed by atoms with Gasteiger partial charge in [-0.15, -0.1) is 0 Å². The van der Waals surface area contributed by atoms with Gasteiger partial charge in [-0.05, 0) is 56.4 Å². The van der Waals surface area contributed by atoms with E-state index in [1.165, 1.54) is 6.42 Å². The monoisotopic (exact) mass is 437 g/mol. The summed E-state index contributed by atoms with van der Waals surface area (Å²) in [4.78, 5) is 24.5. The highest BCUT2D eigenvalue weighted by Crippen LogP contribution is 2.26. The van der Waals surface area contributed by atoms with E-state index in [9.17, 15) is 14.7 Å². The SMILES string of the molecule is O=C(NCC[C@H]1CC[C@H](NC(=O)C2CCCCC2)[C@H](CO)O1)Nc1ccc(Cl)cc1. The standard InChI is InChI=1S/C22H32ClN3O4/c23-16-6-8-17(9-7-16)25-22(29)24-13-12-18-10-11-19(20(14-27)30-18)26-21(28)15-4-2-1-3-5-15/h6-9,15,18-20,27H,1-5,10-14H2,(H,26,28)(H2,24,25,29)/t18-,19+,20+/m1/s1. The number of anilines is 1. The predicted octanol–water partition coefficient (Wildman–Crippen LogP) is 3.46. The first-order valence-corrected chi connectivity index (χ1v) is 11.3. The maximum absolute atomic E-state index is 12.5. The minimum absolute atomic E-state index is 0.0548. The van der Waals surface area contributed by atoms with E-state index in [-0.39, 0.29) is 36.6 Å². The summed E-state index contributed by atoms with van der Waals surface area (Å²) in [5.74, 6) is 0.194. The first-order valence-electron chi connectivity index (χ1n) is 10.9. The maximum Gasteiger partial charge on any atom is 0.319 e. The van der Waals surface area contributed by atoms with Crippen LogP contribution in [-0.4, -0.2) is 48.4 Å². The van der Waals surface area contributed by atoms with Crippen molar-refractivity contribution in [3.05, 3.63) is 29.3 Å². The number of carbonyl (C=O) groups excluding carboxylic acids is 2. The average molecular weight is 438 g/mol. The van der Waals surface area contributed by atoms with Gasteiger partial charge in [0.2, 0.25) is 5.91 Å². The van der Waals surface area contributed by atoms with E-state index in [0.717, 1.165) is 38.5 Å². The lowest BCUT2D eigenvalue weighted by molar-refractivity contribution is -0.132. The van der Waals surface area contributed by atoms with Gasteiger partial charge >= 0.3 is 6.03 Å². The number of benzene rings is 1. The number of amides is 3. The summed E-state index contributed by atoms with van der Waals surface area (Å²) in [6.45, 7) is 0.331. The molecule has 4 N–H and O–H groups in total. The van der Waals surface area contributed by atoms with Gasteiger partial charge in [0.05, 0.1) is 18.8 Å². The zero-order valence-electron chi connectivity index (χ0n) is 17.2. The van der Waals surface area contributed by atoms with Crippen LogP contribution in [0.1, 0.15) is 51.4 Å². The van der Waals surface area contributed by atoms with Crippen molar-refractivity contribution in [3.8, 4) is 0 Å². The Morgan fingerprint density at radius 2 is 1.80 bits per heavy atom. The van der Waals surface area contributed by atoms with Crippen molar-refractivity contribution in [2.24, 2.45) is 5.92 Å². The van der Waals surface area contributed by atoms with Crippen LogP contribution in [0.3, 0.4) is 0 Å². The normalized spacial score (nSPS) is 24.8. The molecule has 1 aromatic carbocycles. The van der Waals surface area contributed by atoms with Gasteiger partial charge in [-0.25, -0.2) is 4.79 Å². The summed E-state index contributed by atoms with van der Waals surface area (Å²) in [7, 11) is 0. The van der Waals surface area contributed by atoms with E-state index in [2.05, 4.69) is 16.0 Å². The Kier molecular flexibility index (Phi) is 8.78. The van der Waals surface area contributed by atoms with Gasteiger partial charge in [0.25, 0.3) is 0 Å². The smallest absolute Gasteiger partial charge is 0.319 e. The van der Waals surface area contributed by atoms with Crippen LogP contribution in [0, 0.1) is 5.92 Å². The quantitative estimate of drug-likeness (QED) is 0.524. The van der Waals surface area contributed by atoms with Crippen LogP contribution in [0.25, 0.3) is 0 Å². The molecule has 1 saturated carbocycles. The van der Waals surface area contributed by atoms with Crippen molar-refractivity contribution in [1.82, 2.24) is 10.6 Å². The highest BCUT2D eigenvalue weighted by Gasteiger charge is 2.33. The third kappa shape index (κ3) is 6.86. The molecule has 3 rings (SSSR count). The number of nitrogens with one attached hydrogen (secondary N) is 3. The summed E-state index contributed by atoms with van der Waals surface area (Å²) < 4.78 is 6.00. The number of urea groups is 1. The minimum atomic E-state index is -0.404. The minimum Gasteiger partial charge on any atom is -0.394 e. The molecule has 1 aliphatic heterocycles. The van der Waals surface area contributed by atoms with E-state index < -0.39 is 6.10 Å². The average Bonchev–Trinajstić information content (AvgIpc) is 2.77. The molecule has 1 saturated heterocycles. The number of hydrogen-bond donors (Lipinski definition) is 4. The van der Waals surface area contributed by atoms with Gasteiger partial charge in [-0.3, -0.25) is 4.79 Å². The fourth-order valence-electron chi connectivity index (χ4n) is 4.23. The second-order valence-corrected chi connectivity index (χ2v) is 8.62.